The number of aliphatic hydroxyl groups is 1. The molecule has 0 bridgehead atoms. The van der Waals surface area contributed by atoms with E-state index in [1.807, 2.05) is 24.3 Å². The quantitative estimate of drug-likeness (QED) is 0.811. The standard InChI is InChI=1S/C10H10ClNO2/c11-8-3-1-7(2-4-8)10-5-9(6-13)14-12-10/h1-4,9,13H,5-6H2. The van der Waals surface area contributed by atoms with Gasteiger partial charge in [-0.2, -0.15) is 0 Å². The monoisotopic (exact) mass is 211 g/mol. The Morgan fingerprint density at radius 2 is 2.14 bits per heavy atom. The lowest BCUT2D eigenvalue weighted by Gasteiger charge is -2.01. The Bertz CT molecular complexity index is 348. The van der Waals surface area contributed by atoms with E-state index in [4.69, 9.17) is 21.5 Å². The number of benzene rings is 1. The fourth-order valence-corrected chi connectivity index (χ4v) is 1.47. The molecule has 1 aromatic rings. The summed E-state index contributed by atoms with van der Waals surface area (Å²) in [6, 6.07) is 7.41. The number of halogens is 1. The van der Waals surface area contributed by atoms with Crippen molar-refractivity contribution >= 4 is 17.3 Å². The molecule has 0 amide bonds. The van der Waals surface area contributed by atoms with Crippen molar-refractivity contribution < 1.29 is 9.94 Å². The minimum absolute atomic E-state index is 0.000585. The summed E-state index contributed by atoms with van der Waals surface area (Å²) >= 11 is 5.76. The molecule has 0 aliphatic carbocycles. The number of hydrogen-bond acceptors (Lipinski definition) is 3. The molecule has 0 radical (unpaired) electrons. The Hall–Kier alpha value is -1.06. The lowest BCUT2D eigenvalue weighted by Crippen LogP contribution is -2.12. The van der Waals surface area contributed by atoms with Crippen molar-refractivity contribution in [1.82, 2.24) is 0 Å². The smallest absolute Gasteiger partial charge is 0.156 e. The van der Waals surface area contributed by atoms with Gasteiger partial charge >= 0.3 is 0 Å². The van der Waals surface area contributed by atoms with E-state index in [0.29, 0.717) is 11.4 Å². The molecule has 74 valence electrons. The van der Waals surface area contributed by atoms with Crippen molar-refractivity contribution in [2.24, 2.45) is 5.16 Å². The van der Waals surface area contributed by atoms with Gasteiger partial charge in [-0.25, -0.2) is 0 Å². The van der Waals surface area contributed by atoms with Gasteiger partial charge in [0.25, 0.3) is 0 Å². The second-order valence-corrected chi connectivity index (χ2v) is 3.60. The van der Waals surface area contributed by atoms with Gasteiger partial charge in [-0.05, 0) is 17.7 Å². The van der Waals surface area contributed by atoms with Crippen LogP contribution in [0.1, 0.15) is 12.0 Å². The largest absolute Gasteiger partial charge is 0.392 e. The van der Waals surface area contributed by atoms with E-state index in [0.717, 1.165) is 11.3 Å². The molecule has 3 nitrogen and oxygen atoms in total. The second-order valence-electron chi connectivity index (χ2n) is 3.16. The van der Waals surface area contributed by atoms with Gasteiger partial charge < -0.3 is 9.94 Å². The van der Waals surface area contributed by atoms with Gasteiger partial charge in [-0.3, -0.25) is 0 Å². The van der Waals surface area contributed by atoms with Crippen LogP contribution in [-0.4, -0.2) is 23.5 Å². The Balaban J connectivity index is 2.13. The van der Waals surface area contributed by atoms with E-state index in [9.17, 15) is 0 Å². The van der Waals surface area contributed by atoms with Crippen LogP contribution in [-0.2, 0) is 4.84 Å². The summed E-state index contributed by atoms with van der Waals surface area (Å²) in [6.45, 7) is 0.000585. The van der Waals surface area contributed by atoms with Crippen molar-refractivity contribution in [3.8, 4) is 0 Å². The fraction of sp³-hybridized carbons (Fsp3) is 0.300. The molecule has 14 heavy (non-hydrogen) atoms. The maximum atomic E-state index is 8.86. The summed E-state index contributed by atoms with van der Waals surface area (Å²) in [6.07, 6.45) is 0.457. The van der Waals surface area contributed by atoms with E-state index in [2.05, 4.69) is 5.16 Å². The van der Waals surface area contributed by atoms with Gasteiger partial charge in [0.1, 0.15) is 0 Å². The first-order valence-electron chi connectivity index (χ1n) is 4.39. The van der Waals surface area contributed by atoms with Crippen molar-refractivity contribution in [1.29, 1.82) is 0 Å². The molecule has 1 heterocycles. The van der Waals surface area contributed by atoms with Gasteiger partial charge in [0.2, 0.25) is 0 Å². The molecule has 1 unspecified atom stereocenters. The highest BCUT2D eigenvalue weighted by atomic mass is 35.5. The lowest BCUT2D eigenvalue weighted by molar-refractivity contribution is 0.0390. The zero-order valence-corrected chi connectivity index (χ0v) is 8.24. The summed E-state index contributed by atoms with van der Waals surface area (Å²) in [5, 5.41) is 13.5. The maximum absolute atomic E-state index is 8.86. The maximum Gasteiger partial charge on any atom is 0.156 e. The molecule has 1 atom stereocenters. The summed E-state index contributed by atoms with van der Waals surface area (Å²) < 4.78 is 0. The van der Waals surface area contributed by atoms with Crippen LogP contribution in [0.3, 0.4) is 0 Å². The zero-order chi connectivity index (χ0) is 9.97. The minimum Gasteiger partial charge on any atom is -0.392 e. The van der Waals surface area contributed by atoms with Gasteiger partial charge in [0, 0.05) is 11.4 Å². The van der Waals surface area contributed by atoms with Crippen molar-refractivity contribution in [3.05, 3.63) is 34.9 Å². The highest BCUT2D eigenvalue weighted by molar-refractivity contribution is 6.30. The topological polar surface area (TPSA) is 41.8 Å². The first-order valence-corrected chi connectivity index (χ1v) is 4.77. The van der Waals surface area contributed by atoms with Crippen LogP contribution >= 0.6 is 11.6 Å². The molecular weight excluding hydrogens is 202 g/mol. The third-order valence-corrected chi connectivity index (χ3v) is 2.37. The summed E-state index contributed by atoms with van der Waals surface area (Å²) in [7, 11) is 0. The minimum atomic E-state index is -0.194. The summed E-state index contributed by atoms with van der Waals surface area (Å²) in [5.74, 6) is 0. The number of hydrogen-bond donors (Lipinski definition) is 1. The van der Waals surface area contributed by atoms with Crippen LogP contribution in [0.25, 0.3) is 0 Å². The van der Waals surface area contributed by atoms with Crippen LogP contribution in [0.5, 0.6) is 0 Å². The highest BCUT2D eigenvalue weighted by Crippen LogP contribution is 2.18. The van der Waals surface area contributed by atoms with Gasteiger partial charge in [0.05, 0.1) is 12.3 Å². The third kappa shape index (κ3) is 1.89. The molecule has 1 aliphatic heterocycles. The first-order chi connectivity index (χ1) is 6.79. The van der Waals surface area contributed by atoms with E-state index in [1.54, 1.807) is 0 Å². The number of oxime groups is 1. The van der Waals surface area contributed by atoms with E-state index >= 15 is 0 Å². The molecule has 1 N–H and O–H groups in total. The molecule has 0 saturated carbocycles. The van der Waals surface area contributed by atoms with Crippen LogP contribution < -0.4 is 0 Å². The van der Waals surface area contributed by atoms with Gasteiger partial charge in [0.15, 0.2) is 6.10 Å². The average Bonchev–Trinajstić information content (AvgIpc) is 2.67. The average molecular weight is 212 g/mol. The number of rotatable bonds is 2. The Kier molecular flexibility index (Phi) is 2.70. The summed E-state index contributed by atoms with van der Waals surface area (Å²) in [5.41, 5.74) is 1.85. The lowest BCUT2D eigenvalue weighted by atomic mass is 10.1. The van der Waals surface area contributed by atoms with E-state index in [-0.39, 0.29) is 12.7 Å². The number of aliphatic hydroxyl groups excluding tert-OH is 1. The summed E-state index contributed by atoms with van der Waals surface area (Å²) in [4.78, 5) is 5.00. The van der Waals surface area contributed by atoms with Crippen molar-refractivity contribution in [2.45, 2.75) is 12.5 Å². The second kappa shape index (κ2) is 3.98. The highest BCUT2D eigenvalue weighted by Gasteiger charge is 2.20. The van der Waals surface area contributed by atoms with Crippen molar-refractivity contribution in [2.75, 3.05) is 6.61 Å². The van der Waals surface area contributed by atoms with Gasteiger partial charge in [-0.15, -0.1) is 0 Å². The van der Waals surface area contributed by atoms with Gasteiger partial charge in [-0.1, -0.05) is 28.9 Å². The zero-order valence-electron chi connectivity index (χ0n) is 7.48. The van der Waals surface area contributed by atoms with Crippen LogP contribution in [0.4, 0.5) is 0 Å². The Morgan fingerprint density at radius 1 is 1.43 bits per heavy atom. The fourth-order valence-electron chi connectivity index (χ4n) is 1.34. The SMILES string of the molecule is OCC1CC(c2ccc(Cl)cc2)=NO1. The molecule has 0 aromatic heterocycles. The Morgan fingerprint density at radius 3 is 2.71 bits per heavy atom. The Labute approximate surface area is 86.9 Å². The van der Waals surface area contributed by atoms with E-state index < -0.39 is 0 Å². The van der Waals surface area contributed by atoms with Crippen LogP contribution in [0.2, 0.25) is 5.02 Å². The van der Waals surface area contributed by atoms with Crippen molar-refractivity contribution in [3.63, 3.8) is 0 Å². The van der Waals surface area contributed by atoms with Crippen LogP contribution in [0, 0.1) is 0 Å². The molecule has 0 spiro atoms. The molecule has 0 fully saturated rings. The molecule has 4 heteroatoms. The first kappa shape index (κ1) is 9.49. The molecule has 0 saturated heterocycles. The predicted octanol–water partition coefficient (Wildman–Crippen LogP) is 1.83. The molecular formula is C10H10ClNO2. The third-order valence-electron chi connectivity index (χ3n) is 2.11. The van der Waals surface area contributed by atoms with Crippen LogP contribution in [0.15, 0.2) is 29.4 Å². The number of nitrogens with zero attached hydrogens (tertiary/aromatic N) is 1. The molecule has 1 aromatic carbocycles. The predicted molar refractivity (Wildman–Crippen MR) is 54.6 cm³/mol. The molecule has 1 aliphatic rings. The normalized spacial score (nSPS) is 20.4. The van der Waals surface area contributed by atoms with E-state index in [1.165, 1.54) is 0 Å². The molecule has 2 rings (SSSR count).